The van der Waals surface area contributed by atoms with Crippen LogP contribution in [0.5, 0.6) is 0 Å². The Morgan fingerprint density at radius 2 is 1.83 bits per heavy atom. The minimum Gasteiger partial charge on any atom is -0.459 e. The Labute approximate surface area is 140 Å². The molecule has 4 nitrogen and oxygen atoms in total. The molecule has 4 heteroatoms. The van der Waals surface area contributed by atoms with Crippen molar-refractivity contribution in [2.75, 3.05) is 39.8 Å². The van der Waals surface area contributed by atoms with Gasteiger partial charge in [-0.25, -0.2) is 4.79 Å². The molecule has 0 bridgehead atoms. The number of carbonyl (C=O) groups is 1. The number of carbonyl (C=O) groups excluding carboxylic acids is 1. The van der Waals surface area contributed by atoms with Crippen LogP contribution in [-0.4, -0.2) is 61.2 Å². The SMILES string of the molecule is CCC[N+]1(C)CCN(Cc2ccc(C(=O)OC(C)C)cc2)CC1. The molecule has 0 unspecified atom stereocenters. The second kappa shape index (κ2) is 7.93. The first kappa shape index (κ1) is 18.0. The highest BCUT2D eigenvalue weighted by Crippen LogP contribution is 2.15. The van der Waals surface area contributed by atoms with Crippen molar-refractivity contribution in [2.24, 2.45) is 0 Å². The van der Waals surface area contributed by atoms with Gasteiger partial charge in [0, 0.05) is 19.6 Å². The Hall–Kier alpha value is -1.39. The summed E-state index contributed by atoms with van der Waals surface area (Å²) in [6.45, 7) is 13.0. The van der Waals surface area contributed by atoms with E-state index in [0.717, 1.165) is 19.6 Å². The fourth-order valence-corrected chi connectivity index (χ4v) is 3.20. The van der Waals surface area contributed by atoms with Crippen LogP contribution in [-0.2, 0) is 11.3 Å². The van der Waals surface area contributed by atoms with E-state index in [1.54, 1.807) is 0 Å². The number of hydrogen-bond acceptors (Lipinski definition) is 3. The minimum atomic E-state index is -0.239. The Morgan fingerprint density at radius 1 is 1.22 bits per heavy atom. The van der Waals surface area contributed by atoms with E-state index in [-0.39, 0.29) is 12.1 Å². The van der Waals surface area contributed by atoms with Gasteiger partial charge in [-0.15, -0.1) is 0 Å². The zero-order chi connectivity index (χ0) is 16.9. The lowest BCUT2D eigenvalue weighted by Gasteiger charge is -2.42. The quantitative estimate of drug-likeness (QED) is 0.596. The lowest BCUT2D eigenvalue weighted by atomic mass is 10.1. The van der Waals surface area contributed by atoms with Crippen molar-refractivity contribution in [3.63, 3.8) is 0 Å². The van der Waals surface area contributed by atoms with E-state index in [2.05, 4.69) is 18.9 Å². The summed E-state index contributed by atoms with van der Waals surface area (Å²) in [5, 5.41) is 0. The van der Waals surface area contributed by atoms with Gasteiger partial charge in [0.2, 0.25) is 0 Å². The summed E-state index contributed by atoms with van der Waals surface area (Å²) in [4.78, 5) is 14.4. The second-order valence-electron chi connectivity index (χ2n) is 7.22. The average Bonchev–Trinajstić information content (AvgIpc) is 2.50. The fourth-order valence-electron chi connectivity index (χ4n) is 3.20. The number of esters is 1. The summed E-state index contributed by atoms with van der Waals surface area (Å²) in [7, 11) is 2.37. The smallest absolute Gasteiger partial charge is 0.338 e. The van der Waals surface area contributed by atoms with Gasteiger partial charge in [-0.05, 0) is 38.0 Å². The molecule has 1 saturated heterocycles. The summed E-state index contributed by atoms with van der Waals surface area (Å²) in [5.41, 5.74) is 1.89. The lowest BCUT2D eigenvalue weighted by molar-refractivity contribution is -0.913. The minimum absolute atomic E-state index is 0.0777. The van der Waals surface area contributed by atoms with Crippen LogP contribution in [0, 0.1) is 0 Å². The highest BCUT2D eigenvalue weighted by Gasteiger charge is 2.27. The van der Waals surface area contributed by atoms with Gasteiger partial charge in [0.25, 0.3) is 0 Å². The molecule has 0 aromatic heterocycles. The molecule has 1 aromatic carbocycles. The average molecular weight is 319 g/mol. The number of ether oxygens (including phenoxy) is 1. The Balaban J connectivity index is 1.86. The van der Waals surface area contributed by atoms with E-state index >= 15 is 0 Å². The molecule has 1 aromatic rings. The summed E-state index contributed by atoms with van der Waals surface area (Å²) in [5.74, 6) is -0.239. The number of quaternary nitrogens is 1. The van der Waals surface area contributed by atoms with Gasteiger partial charge < -0.3 is 9.22 Å². The van der Waals surface area contributed by atoms with Crippen LogP contribution in [0.4, 0.5) is 0 Å². The van der Waals surface area contributed by atoms with E-state index in [4.69, 9.17) is 4.74 Å². The second-order valence-corrected chi connectivity index (χ2v) is 7.22. The standard InChI is InChI=1S/C19H31N2O2/c1-5-12-21(4)13-10-20(11-14-21)15-17-6-8-18(9-7-17)19(22)23-16(2)3/h6-9,16H,5,10-15H2,1-4H3/q+1. The first-order chi connectivity index (χ1) is 10.9. The van der Waals surface area contributed by atoms with Crippen LogP contribution in [0.3, 0.4) is 0 Å². The molecule has 23 heavy (non-hydrogen) atoms. The molecular weight excluding hydrogens is 288 g/mol. The Bertz CT molecular complexity index is 503. The monoisotopic (exact) mass is 319 g/mol. The molecule has 0 aliphatic carbocycles. The molecule has 0 radical (unpaired) electrons. The van der Waals surface area contributed by atoms with Crippen molar-refractivity contribution in [2.45, 2.75) is 39.8 Å². The molecule has 0 amide bonds. The van der Waals surface area contributed by atoms with Gasteiger partial charge in [0.05, 0.1) is 38.3 Å². The van der Waals surface area contributed by atoms with E-state index < -0.39 is 0 Å². The van der Waals surface area contributed by atoms with Crippen LogP contribution in [0.1, 0.15) is 43.1 Å². The molecule has 1 fully saturated rings. The van der Waals surface area contributed by atoms with Crippen LogP contribution in [0.2, 0.25) is 0 Å². The maximum absolute atomic E-state index is 11.9. The number of hydrogen-bond donors (Lipinski definition) is 0. The van der Waals surface area contributed by atoms with Gasteiger partial charge >= 0.3 is 5.97 Å². The molecule has 1 aliphatic heterocycles. The number of piperazine rings is 1. The summed E-state index contributed by atoms with van der Waals surface area (Å²) >= 11 is 0. The highest BCUT2D eigenvalue weighted by molar-refractivity contribution is 5.89. The van der Waals surface area contributed by atoms with E-state index in [1.807, 2.05) is 38.1 Å². The predicted octanol–water partition coefficient (Wildman–Crippen LogP) is 2.92. The van der Waals surface area contributed by atoms with Crippen molar-refractivity contribution in [1.82, 2.24) is 4.90 Å². The zero-order valence-electron chi connectivity index (χ0n) is 15.0. The van der Waals surface area contributed by atoms with Gasteiger partial charge in [0.15, 0.2) is 0 Å². The number of likely N-dealkylation sites (N-methyl/N-ethyl adjacent to an activating group) is 1. The van der Waals surface area contributed by atoms with Crippen molar-refractivity contribution in [3.8, 4) is 0 Å². The van der Waals surface area contributed by atoms with Gasteiger partial charge in [-0.3, -0.25) is 4.90 Å². The van der Waals surface area contributed by atoms with E-state index in [1.165, 1.54) is 36.1 Å². The van der Waals surface area contributed by atoms with Crippen molar-refractivity contribution in [1.29, 1.82) is 0 Å². The van der Waals surface area contributed by atoms with Crippen LogP contribution >= 0.6 is 0 Å². The van der Waals surface area contributed by atoms with Gasteiger partial charge in [0.1, 0.15) is 0 Å². The molecule has 0 N–H and O–H groups in total. The number of nitrogens with zero attached hydrogens (tertiary/aromatic N) is 2. The Morgan fingerprint density at radius 3 is 2.35 bits per heavy atom. The van der Waals surface area contributed by atoms with Crippen molar-refractivity contribution >= 4 is 5.97 Å². The van der Waals surface area contributed by atoms with Crippen LogP contribution in [0.15, 0.2) is 24.3 Å². The zero-order valence-corrected chi connectivity index (χ0v) is 15.0. The highest BCUT2D eigenvalue weighted by atomic mass is 16.5. The maximum atomic E-state index is 11.9. The Kier molecular flexibility index (Phi) is 6.19. The van der Waals surface area contributed by atoms with Crippen molar-refractivity contribution in [3.05, 3.63) is 35.4 Å². The summed E-state index contributed by atoms with van der Waals surface area (Å²) < 4.78 is 6.42. The topological polar surface area (TPSA) is 29.5 Å². The predicted molar refractivity (Wildman–Crippen MR) is 93.3 cm³/mol. The van der Waals surface area contributed by atoms with E-state index in [9.17, 15) is 4.79 Å². The maximum Gasteiger partial charge on any atom is 0.338 e. The molecular formula is C19H31N2O2+. The number of benzene rings is 1. The molecule has 0 spiro atoms. The first-order valence-electron chi connectivity index (χ1n) is 8.78. The number of rotatable bonds is 6. The van der Waals surface area contributed by atoms with Gasteiger partial charge in [-0.2, -0.15) is 0 Å². The first-order valence-corrected chi connectivity index (χ1v) is 8.78. The summed E-state index contributed by atoms with van der Waals surface area (Å²) in [6, 6.07) is 7.85. The fraction of sp³-hybridized carbons (Fsp3) is 0.632. The molecule has 0 atom stereocenters. The molecule has 2 rings (SSSR count). The third-order valence-corrected chi connectivity index (χ3v) is 4.61. The lowest BCUT2D eigenvalue weighted by Crippen LogP contribution is -2.57. The molecule has 1 heterocycles. The molecule has 128 valence electrons. The summed E-state index contributed by atoms with van der Waals surface area (Å²) in [6.07, 6.45) is 1.18. The van der Waals surface area contributed by atoms with Crippen LogP contribution in [0.25, 0.3) is 0 Å². The third kappa shape index (κ3) is 5.33. The normalized spacial score (nSPS) is 18.1. The van der Waals surface area contributed by atoms with Crippen LogP contribution < -0.4 is 0 Å². The molecule has 1 aliphatic rings. The van der Waals surface area contributed by atoms with Gasteiger partial charge in [-0.1, -0.05) is 19.1 Å². The van der Waals surface area contributed by atoms with Crippen molar-refractivity contribution < 1.29 is 14.0 Å². The third-order valence-electron chi connectivity index (χ3n) is 4.61. The largest absolute Gasteiger partial charge is 0.459 e. The van der Waals surface area contributed by atoms with E-state index in [0.29, 0.717) is 5.56 Å². The molecule has 0 saturated carbocycles.